The second-order valence-electron chi connectivity index (χ2n) is 5.37. The van der Waals surface area contributed by atoms with E-state index in [1.165, 1.54) is 20.3 Å². The molecule has 0 aliphatic carbocycles. The highest BCUT2D eigenvalue weighted by Crippen LogP contribution is 2.21. The van der Waals surface area contributed by atoms with Gasteiger partial charge in [0.1, 0.15) is 0 Å². The van der Waals surface area contributed by atoms with Crippen molar-refractivity contribution in [2.24, 2.45) is 5.84 Å². The first-order valence-corrected chi connectivity index (χ1v) is 7.98. The van der Waals surface area contributed by atoms with Gasteiger partial charge in [0, 0.05) is 9.61 Å². The molecule has 0 saturated heterocycles. The van der Waals surface area contributed by atoms with Crippen molar-refractivity contribution in [1.29, 1.82) is 0 Å². The smallest absolute Gasteiger partial charge is 0.0500 e. The molecule has 0 spiro atoms. The van der Waals surface area contributed by atoms with Crippen molar-refractivity contribution in [3.63, 3.8) is 0 Å². The van der Waals surface area contributed by atoms with Crippen LogP contribution in [0.4, 0.5) is 0 Å². The summed E-state index contributed by atoms with van der Waals surface area (Å²) in [4.78, 5) is 0. The number of nitrogens with two attached hydrogens (primary N) is 1. The summed E-state index contributed by atoms with van der Waals surface area (Å²) in [6.45, 7) is 4.42. The van der Waals surface area contributed by atoms with Crippen LogP contribution in [-0.2, 0) is 6.42 Å². The summed E-state index contributed by atoms with van der Waals surface area (Å²) < 4.78 is 1.25. The van der Waals surface area contributed by atoms with E-state index in [1.807, 2.05) is 0 Å². The predicted octanol–water partition coefficient (Wildman–Crippen LogP) is 4.16. The van der Waals surface area contributed by atoms with E-state index in [-0.39, 0.29) is 6.04 Å². The van der Waals surface area contributed by atoms with Crippen molar-refractivity contribution in [1.82, 2.24) is 5.43 Å². The van der Waals surface area contributed by atoms with Gasteiger partial charge in [-0.2, -0.15) is 0 Å². The largest absolute Gasteiger partial charge is 0.271 e. The molecule has 3 N–H and O–H groups in total. The first-order valence-electron chi connectivity index (χ1n) is 6.90. The maximum absolute atomic E-state index is 5.73. The SMILES string of the molecule is CC(C)c1ccc(C(Cc2ccc(I)cc2)NN)cc1. The van der Waals surface area contributed by atoms with Crippen molar-refractivity contribution >= 4 is 22.6 Å². The van der Waals surface area contributed by atoms with E-state index in [2.05, 4.69) is 90.4 Å². The third-order valence-corrected chi connectivity index (χ3v) is 4.28. The second kappa shape index (κ2) is 7.20. The molecule has 0 bridgehead atoms. The van der Waals surface area contributed by atoms with E-state index < -0.39 is 0 Å². The maximum atomic E-state index is 5.73. The van der Waals surface area contributed by atoms with Gasteiger partial charge in [-0.25, -0.2) is 0 Å². The minimum atomic E-state index is 0.149. The van der Waals surface area contributed by atoms with E-state index >= 15 is 0 Å². The summed E-state index contributed by atoms with van der Waals surface area (Å²) in [5.41, 5.74) is 6.81. The van der Waals surface area contributed by atoms with Gasteiger partial charge in [-0.1, -0.05) is 50.2 Å². The van der Waals surface area contributed by atoms with E-state index in [4.69, 9.17) is 5.84 Å². The Labute approximate surface area is 134 Å². The number of benzene rings is 2. The molecule has 0 aromatic heterocycles. The van der Waals surface area contributed by atoms with Crippen LogP contribution in [0.3, 0.4) is 0 Å². The fourth-order valence-corrected chi connectivity index (χ4v) is 2.60. The normalized spacial score (nSPS) is 12.7. The zero-order valence-corrected chi connectivity index (χ0v) is 14.1. The lowest BCUT2D eigenvalue weighted by atomic mass is 9.96. The Hall–Kier alpha value is -0.910. The van der Waals surface area contributed by atoms with Crippen LogP contribution in [0, 0.1) is 3.57 Å². The molecule has 1 unspecified atom stereocenters. The molecule has 106 valence electrons. The number of hydrazine groups is 1. The maximum Gasteiger partial charge on any atom is 0.0500 e. The number of hydrogen-bond donors (Lipinski definition) is 2. The molecule has 2 nitrogen and oxygen atoms in total. The van der Waals surface area contributed by atoms with Gasteiger partial charge in [0.05, 0.1) is 0 Å². The molecule has 0 saturated carbocycles. The third kappa shape index (κ3) is 4.04. The molecule has 1 atom stereocenters. The van der Waals surface area contributed by atoms with Crippen LogP contribution in [0.25, 0.3) is 0 Å². The lowest BCUT2D eigenvalue weighted by Crippen LogP contribution is -2.29. The van der Waals surface area contributed by atoms with Crippen molar-refractivity contribution in [2.45, 2.75) is 32.2 Å². The predicted molar refractivity (Wildman–Crippen MR) is 93.5 cm³/mol. The number of rotatable bonds is 5. The van der Waals surface area contributed by atoms with Gasteiger partial charge in [0.25, 0.3) is 0 Å². The first-order chi connectivity index (χ1) is 9.60. The molecule has 0 heterocycles. The Kier molecular flexibility index (Phi) is 5.57. The fourth-order valence-electron chi connectivity index (χ4n) is 2.24. The Morgan fingerprint density at radius 2 is 1.50 bits per heavy atom. The average molecular weight is 380 g/mol. The number of nitrogens with one attached hydrogen (secondary N) is 1. The van der Waals surface area contributed by atoms with E-state index in [0.29, 0.717) is 5.92 Å². The molecular formula is C17H21IN2. The van der Waals surface area contributed by atoms with Crippen molar-refractivity contribution in [2.75, 3.05) is 0 Å². The summed E-state index contributed by atoms with van der Waals surface area (Å²) in [5.74, 6) is 6.29. The summed E-state index contributed by atoms with van der Waals surface area (Å²) in [7, 11) is 0. The van der Waals surface area contributed by atoms with Gasteiger partial charge in [0.15, 0.2) is 0 Å². The van der Waals surface area contributed by atoms with Crippen molar-refractivity contribution in [3.8, 4) is 0 Å². The van der Waals surface area contributed by atoms with E-state index in [1.54, 1.807) is 0 Å². The van der Waals surface area contributed by atoms with E-state index in [9.17, 15) is 0 Å². The topological polar surface area (TPSA) is 38.0 Å². The summed E-state index contributed by atoms with van der Waals surface area (Å²) >= 11 is 2.32. The van der Waals surface area contributed by atoms with Crippen LogP contribution in [0.5, 0.6) is 0 Å². The van der Waals surface area contributed by atoms with Gasteiger partial charge in [-0.15, -0.1) is 0 Å². The lowest BCUT2D eigenvalue weighted by Gasteiger charge is -2.17. The minimum Gasteiger partial charge on any atom is -0.271 e. The Balaban J connectivity index is 2.13. The highest BCUT2D eigenvalue weighted by molar-refractivity contribution is 14.1. The highest BCUT2D eigenvalue weighted by Gasteiger charge is 2.11. The number of halogens is 1. The molecule has 0 amide bonds. The number of hydrogen-bond acceptors (Lipinski definition) is 2. The molecular weight excluding hydrogens is 359 g/mol. The Morgan fingerprint density at radius 3 is 2.00 bits per heavy atom. The van der Waals surface area contributed by atoms with Gasteiger partial charge in [-0.05, 0) is 63.8 Å². The second-order valence-corrected chi connectivity index (χ2v) is 6.62. The van der Waals surface area contributed by atoms with Gasteiger partial charge in [0.2, 0.25) is 0 Å². The lowest BCUT2D eigenvalue weighted by molar-refractivity contribution is 0.551. The standard InChI is InChI=1S/C17H21IN2/c1-12(2)14-5-7-15(8-6-14)17(20-19)11-13-3-9-16(18)10-4-13/h3-10,12,17,20H,11,19H2,1-2H3. The summed E-state index contributed by atoms with van der Waals surface area (Å²) in [5, 5.41) is 0. The van der Waals surface area contributed by atoms with Crippen LogP contribution < -0.4 is 11.3 Å². The molecule has 0 aliphatic rings. The molecule has 2 aromatic rings. The quantitative estimate of drug-likeness (QED) is 0.464. The first kappa shape index (κ1) is 15.5. The van der Waals surface area contributed by atoms with Crippen LogP contribution in [-0.4, -0.2) is 0 Å². The van der Waals surface area contributed by atoms with Crippen LogP contribution in [0.1, 0.15) is 42.5 Å². The molecule has 2 rings (SSSR count). The van der Waals surface area contributed by atoms with Gasteiger partial charge in [-0.3, -0.25) is 11.3 Å². The molecule has 0 fully saturated rings. The Morgan fingerprint density at radius 1 is 0.950 bits per heavy atom. The molecule has 0 radical (unpaired) electrons. The monoisotopic (exact) mass is 380 g/mol. The molecule has 3 heteroatoms. The van der Waals surface area contributed by atoms with E-state index in [0.717, 1.165) is 6.42 Å². The van der Waals surface area contributed by atoms with Crippen LogP contribution >= 0.6 is 22.6 Å². The fraction of sp³-hybridized carbons (Fsp3) is 0.294. The average Bonchev–Trinajstić information content (AvgIpc) is 2.47. The van der Waals surface area contributed by atoms with Crippen molar-refractivity contribution in [3.05, 3.63) is 68.8 Å². The zero-order chi connectivity index (χ0) is 14.5. The Bertz CT molecular complexity index is 532. The van der Waals surface area contributed by atoms with Crippen molar-refractivity contribution < 1.29 is 0 Å². The van der Waals surface area contributed by atoms with Gasteiger partial charge >= 0.3 is 0 Å². The van der Waals surface area contributed by atoms with Crippen LogP contribution in [0.15, 0.2) is 48.5 Å². The van der Waals surface area contributed by atoms with Crippen LogP contribution in [0.2, 0.25) is 0 Å². The third-order valence-electron chi connectivity index (χ3n) is 3.56. The highest BCUT2D eigenvalue weighted by atomic mass is 127. The molecule has 20 heavy (non-hydrogen) atoms. The van der Waals surface area contributed by atoms with Gasteiger partial charge < -0.3 is 0 Å². The molecule has 2 aromatic carbocycles. The molecule has 0 aliphatic heterocycles. The summed E-state index contributed by atoms with van der Waals surface area (Å²) in [6.07, 6.45) is 0.897. The minimum absolute atomic E-state index is 0.149. The zero-order valence-electron chi connectivity index (χ0n) is 11.9. The summed E-state index contributed by atoms with van der Waals surface area (Å²) in [6, 6.07) is 17.5.